The Balaban J connectivity index is 1.85. The van der Waals surface area contributed by atoms with Crippen LogP contribution in [-0.2, 0) is 18.4 Å². The van der Waals surface area contributed by atoms with Crippen LogP contribution in [0.2, 0.25) is 0 Å². The standard InChI is InChI=1S/C21H20F2N4S/c1-4-28-17-9-13(21(12-24)7-8-21)5-6-14(17)19-26-15-10-18(20(2,22)23)25-11-16(15)27(19)3/h5-6,9-11H,4,7-8H2,1-3H3. The predicted octanol–water partition coefficient (Wildman–Crippen LogP) is 5.41. The van der Waals surface area contributed by atoms with Gasteiger partial charge in [0.1, 0.15) is 11.5 Å². The highest BCUT2D eigenvalue weighted by atomic mass is 32.2. The fourth-order valence-electron chi connectivity index (χ4n) is 3.44. The van der Waals surface area contributed by atoms with Gasteiger partial charge in [0.25, 0.3) is 5.92 Å². The number of alkyl halides is 2. The average molecular weight is 398 g/mol. The summed E-state index contributed by atoms with van der Waals surface area (Å²) in [5.41, 5.74) is 2.55. The molecule has 1 aliphatic carbocycles. The zero-order chi connectivity index (χ0) is 20.1. The van der Waals surface area contributed by atoms with Crippen molar-refractivity contribution >= 4 is 22.8 Å². The topological polar surface area (TPSA) is 54.5 Å². The van der Waals surface area contributed by atoms with Gasteiger partial charge in [0.15, 0.2) is 0 Å². The second-order valence-electron chi connectivity index (χ2n) is 7.28. The highest BCUT2D eigenvalue weighted by Crippen LogP contribution is 2.49. The summed E-state index contributed by atoms with van der Waals surface area (Å²) in [5, 5.41) is 9.51. The van der Waals surface area contributed by atoms with Crippen LogP contribution in [0.15, 0.2) is 35.4 Å². The first kappa shape index (κ1) is 18.9. The molecule has 0 aliphatic heterocycles. The second-order valence-corrected chi connectivity index (χ2v) is 8.58. The molecule has 7 heteroatoms. The van der Waals surface area contributed by atoms with Gasteiger partial charge in [-0.15, -0.1) is 11.8 Å². The van der Waals surface area contributed by atoms with Crippen LogP contribution in [0, 0.1) is 11.3 Å². The van der Waals surface area contributed by atoms with Crippen LogP contribution >= 0.6 is 11.8 Å². The molecule has 144 valence electrons. The molecule has 1 aliphatic rings. The van der Waals surface area contributed by atoms with Crippen molar-refractivity contribution in [2.24, 2.45) is 7.05 Å². The SMILES string of the molecule is CCSc1cc(C2(C#N)CC2)ccc1-c1nc2cc(C(C)(F)F)ncc2n1C. The predicted molar refractivity (Wildman–Crippen MR) is 106 cm³/mol. The van der Waals surface area contributed by atoms with Gasteiger partial charge in [-0.05, 0) is 42.4 Å². The van der Waals surface area contributed by atoms with Crippen LogP contribution in [0.1, 0.15) is 37.9 Å². The smallest absolute Gasteiger partial charge is 0.287 e. The third kappa shape index (κ3) is 3.06. The van der Waals surface area contributed by atoms with E-state index in [1.54, 1.807) is 11.8 Å². The summed E-state index contributed by atoms with van der Waals surface area (Å²) >= 11 is 1.69. The van der Waals surface area contributed by atoms with Crippen molar-refractivity contribution in [2.75, 3.05) is 5.75 Å². The monoisotopic (exact) mass is 398 g/mol. The number of halogens is 2. The first-order chi connectivity index (χ1) is 13.3. The lowest BCUT2D eigenvalue weighted by atomic mass is 9.96. The molecule has 1 fully saturated rings. The Morgan fingerprint density at radius 1 is 1.32 bits per heavy atom. The summed E-state index contributed by atoms with van der Waals surface area (Å²) in [5.74, 6) is -1.42. The molecular formula is C21H20F2N4S. The van der Waals surface area contributed by atoms with Crippen molar-refractivity contribution in [3.8, 4) is 17.5 Å². The molecule has 28 heavy (non-hydrogen) atoms. The van der Waals surface area contributed by atoms with E-state index in [9.17, 15) is 14.0 Å². The normalized spacial score (nSPS) is 15.6. The summed E-state index contributed by atoms with van der Waals surface area (Å²) in [7, 11) is 1.86. The van der Waals surface area contributed by atoms with E-state index in [-0.39, 0.29) is 11.1 Å². The van der Waals surface area contributed by atoms with Crippen molar-refractivity contribution in [1.29, 1.82) is 5.26 Å². The highest BCUT2D eigenvalue weighted by Gasteiger charge is 2.45. The number of aromatic nitrogens is 3. The summed E-state index contributed by atoms with van der Waals surface area (Å²) in [6.45, 7) is 2.91. The Labute approximate surface area is 166 Å². The lowest BCUT2D eigenvalue weighted by Gasteiger charge is -2.13. The van der Waals surface area contributed by atoms with Gasteiger partial charge < -0.3 is 4.57 Å². The van der Waals surface area contributed by atoms with Crippen molar-refractivity contribution in [2.45, 2.75) is 42.9 Å². The zero-order valence-electron chi connectivity index (χ0n) is 16.0. The number of imidazole rings is 1. The van der Waals surface area contributed by atoms with Crippen LogP contribution in [0.25, 0.3) is 22.4 Å². The molecule has 1 aromatic carbocycles. The molecule has 0 bridgehead atoms. The third-order valence-electron chi connectivity index (χ3n) is 5.26. The van der Waals surface area contributed by atoms with Gasteiger partial charge in [-0.3, -0.25) is 4.98 Å². The molecule has 4 rings (SSSR count). The van der Waals surface area contributed by atoms with E-state index in [2.05, 4.69) is 29.0 Å². The van der Waals surface area contributed by atoms with E-state index >= 15 is 0 Å². The number of rotatable bonds is 5. The molecule has 2 heterocycles. The first-order valence-electron chi connectivity index (χ1n) is 9.19. The molecule has 4 nitrogen and oxygen atoms in total. The largest absolute Gasteiger partial charge is 0.326 e. The Hall–Kier alpha value is -2.46. The van der Waals surface area contributed by atoms with Crippen molar-refractivity contribution < 1.29 is 8.78 Å². The molecule has 0 radical (unpaired) electrons. The van der Waals surface area contributed by atoms with E-state index < -0.39 is 5.92 Å². The van der Waals surface area contributed by atoms with E-state index in [0.29, 0.717) is 16.9 Å². The molecule has 2 aromatic heterocycles. The summed E-state index contributed by atoms with van der Waals surface area (Å²) in [6, 6.07) is 9.87. The maximum absolute atomic E-state index is 13.6. The number of nitriles is 1. The van der Waals surface area contributed by atoms with E-state index in [4.69, 9.17) is 0 Å². The average Bonchev–Trinajstić information content (AvgIpc) is 3.40. The summed E-state index contributed by atoms with van der Waals surface area (Å²) < 4.78 is 29.2. The number of thioether (sulfide) groups is 1. The Morgan fingerprint density at radius 3 is 2.68 bits per heavy atom. The molecule has 1 saturated carbocycles. The maximum Gasteiger partial charge on any atom is 0.287 e. The Bertz CT molecular complexity index is 1100. The number of hydrogen-bond donors (Lipinski definition) is 0. The lowest BCUT2D eigenvalue weighted by Crippen LogP contribution is -2.09. The molecular weight excluding hydrogens is 378 g/mol. The quantitative estimate of drug-likeness (QED) is 0.539. The van der Waals surface area contributed by atoms with E-state index in [1.165, 1.54) is 12.3 Å². The number of hydrogen-bond acceptors (Lipinski definition) is 4. The highest BCUT2D eigenvalue weighted by molar-refractivity contribution is 7.99. The van der Waals surface area contributed by atoms with Gasteiger partial charge >= 0.3 is 0 Å². The molecule has 0 atom stereocenters. The van der Waals surface area contributed by atoms with Gasteiger partial charge in [0, 0.05) is 24.4 Å². The van der Waals surface area contributed by atoms with Gasteiger partial charge in [-0.2, -0.15) is 14.0 Å². The zero-order valence-corrected chi connectivity index (χ0v) is 16.8. The summed E-state index contributed by atoms with van der Waals surface area (Å²) in [4.78, 5) is 9.61. The van der Waals surface area contributed by atoms with Gasteiger partial charge in [0.05, 0.1) is 28.7 Å². The minimum Gasteiger partial charge on any atom is -0.326 e. The fraction of sp³-hybridized carbons (Fsp3) is 0.381. The van der Waals surface area contributed by atoms with E-state index in [1.807, 2.05) is 23.7 Å². The molecule has 3 aromatic rings. The van der Waals surface area contributed by atoms with Gasteiger partial charge in [-0.25, -0.2) is 4.98 Å². The number of fused-ring (bicyclic) bond motifs is 1. The van der Waals surface area contributed by atoms with Crippen LogP contribution in [-0.4, -0.2) is 20.3 Å². The number of pyridine rings is 1. The molecule has 0 saturated heterocycles. The lowest BCUT2D eigenvalue weighted by molar-refractivity contribution is 0.0129. The minimum atomic E-state index is -3.01. The Kier molecular flexibility index (Phi) is 4.42. The molecule has 0 unspecified atom stereocenters. The summed E-state index contributed by atoms with van der Waals surface area (Å²) in [6.07, 6.45) is 3.24. The number of aryl methyl sites for hydroxylation is 1. The van der Waals surface area contributed by atoms with Crippen molar-refractivity contribution in [3.63, 3.8) is 0 Å². The van der Waals surface area contributed by atoms with E-state index in [0.717, 1.165) is 41.5 Å². The molecule has 0 amide bonds. The van der Waals surface area contributed by atoms with Gasteiger partial charge in [0.2, 0.25) is 0 Å². The van der Waals surface area contributed by atoms with Crippen molar-refractivity contribution in [1.82, 2.24) is 14.5 Å². The van der Waals surface area contributed by atoms with Crippen molar-refractivity contribution in [3.05, 3.63) is 41.7 Å². The first-order valence-corrected chi connectivity index (χ1v) is 10.2. The minimum absolute atomic E-state index is 0.284. The van der Waals surface area contributed by atoms with Gasteiger partial charge in [-0.1, -0.05) is 13.0 Å². The fourth-order valence-corrected chi connectivity index (χ4v) is 4.28. The van der Waals surface area contributed by atoms with Crippen LogP contribution in [0.3, 0.4) is 0 Å². The Morgan fingerprint density at radius 2 is 2.07 bits per heavy atom. The second kappa shape index (κ2) is 6.56. The number of benzene rings is 1. The number of nitrogens with zero attached hydrogens (tertiary/aromatic N) is 4. The molecule has 0 N–H and O–H groups in total. The van der Waals surface area contributed by atoms with Crippen LogP contribution in [0.5, 0.6) is 0 Å². The van der Waals surface area contributed by atoms with Crippen LogP contribution < -0.4 is 0 Å². The maximum atomic E-state index is 13.6. The third-order valence-corrected chi connectivity index (χ3v) is 6.19. The molecule has 0 spiro atoms. The van der Waals surface area contributed by atoms with Crippen LogP contribution in [0.4, 0.5) is 8.78 Å².